The molecule has 4 rings (SSSR count). The lowest BCUT2D eigenvalue weighted by Crippen LogP contribution is -2.57. The van der Waals surface area contributed by atoms with Crippen molar-refractivity contribution in [2.24, 2.45) is 10.8 Å². The number of esters is 1. The molecule has 4 bridgehead atoms. The van der Waals surface area contributed by atoms with Gasteiger partial charge in [-0.2, -0.15) is 0 Å². The zero-order valence-electron chi connectivity index (χ0n) is 24.6. The molecule has 0 radical (unpaired) electrons. The Morgan fingerprint density at radius 3 is 2.52 bits per heavy atom. The molecule has 1 N–H and O–H groups in total. The number of nitrogens with one attached hydrogen (secondary N) is 1. The number of alkyl carbamates (subject to hydrolysis) is 1. The van der Waals surface area contributed by atoms with Crippen molar-refractivity contribution in [3.63, 3.8) is 0 Å². The minimum absolute atomic E-state index is 0.0206. The lowest BCUT2D eigenvalue weighted by Gasteiger charge is -2.35. The van der Waals surface area contributed by atoms with Crippen molar-refractivity contribution < 1.29 is 33.4 Å². The van der Waals surface area contributed by atoms with E-state index in [1.807, 2.05) is 32.9 Å². The molecule has 0 unspecified atom stereocenters. The molecule has 220 valence electrons. The Balaban J connectivity index is 1.62. The van der Waals surface area contributed by atoms with Gasteiger partial charge in [0.15, 0.2) is 0 Å². The van der Waals surface area contributed by atoms with E-state index in [1.165, 1.54) is 17.6 Å². The number of rotatable bonds is 1. The molecule has 1 aromatic carbocycles. The molecule has 3 heterocycles. The van der Waals surface area contributed by atoms with E-state index in [9.17, 15) is 19.2 Å². The van der Waals surface area contributed by atoms with E-state index in [2.05, 4.69) is 25.2 Å². The Kier molecular flexibility index (Phi) is 8.66. The quantitative estimate of drug-likeness (QED) is 0.407. The topological polar surface area (TPSA) is 114 Å². The monoisotopic (exact) mass is 557 g/mol. The minimum Gasteiger partial charge on any atom is -0.467 e. The summed E-state index contributed by atoms with van der Waals surface area (Å²) in [7, 11) is 1.26. The van der Waals surface area contributed by atoms with Crippen LogP contribution in [-0.2, 0) is 43.3 Å². The first-order valence-corrected chi connectivity index (χ1v) is 14.2. The predicted molar refractivity (Wildman–Crippen MR) is 147 cm³/mol. The first-order valence-electron chi connectivity index (χ1n) is 14.2. The van der Waals surface area contributed by atoms with Crippen LogP contribution in [0.2, 0.25) is 0 Å². The molecule has 0 spiro atoms. The van der Waals surface area contributed by atoms with Crippen LogP contribution in [0.1, 0.15) is 77.0 Å². The zero-order valence-corrected chi connectivity index (χ0v) is 24.6. The molecular weight excluding hydrogens is 514 g/mol. The molecule has 3 atom stereocenters. The summed E-state index contributed by atoms with van der Waals surface area (Å²) in [4.78, 5) is 55.7. The van der Waals surface area contributed by atoms with Crippen LogP contribution in [0.3, 0.4) is 0 Å². The molecule has 0 aromatic heterocycles. The smallest absolute Gasteiger partial charge is 0.410 e. The van der Waals surface area contributed by atoms with Gasteiger partial charge in [-0.15, -0.1) is 0 Å². The number of carbonyl (C=O) groups excluding carboxylic acids is 4. The van der Waals surface area contributed by atoms with E-state index >= 15 is 0 Å². The van der Waals surface area contributed by atoms with Gasteiger partial charge < -0.3 is 24.4 Å². The molecule has 1 aromatic rings. The number of hydrogen-bond donors (Lipinski definition) is 1. The third-order valence-corrected chi connectivity index (χ3v) is 8.14. The maximum atomic E-state index is 13.8. The molecule has 3 aliphatic rings. The van der Waals surface area contributed by atoms with E-state index < -0.39 is 47.7 Å². The summed E-state index contributed by atoms with van der Waals surface area (Å²) in [6.45, 7) is 10.8. The number of aryl methyl sites for hydroxylation is 1. The number of fused-ring (bicyclic) bond motifs is 3. The molecule has 10 heteroatoms. The number of ether oxygens (including phenoxy) is 3. The fraction of sp³-hybridized carbons (Fsp3) is 0.667. The Hall–Kier alpha value is -3.30. The van der Waals surface area contributed by atoms with Gasteiger partial charge in [-0.3, -0.25) is 9.69 Å². The maximum Gasteiger partial charge on any atom is 0.410 e. The zero-order chi connectivity index (χ0) is 29.2. The van der Waals surface area contributed by atoms with Crippen LogP contribution >= 0.6 is 0 Å². The molecule has 0 saturated carbocycles. The van der Waals surface area contributed by atoms with Gasteiger partial charge in [0.1, 0.15) is 18.2 Å². The highest BCUT2D eigenvalue weighted by molar-refractivity contribution is 5.91. The second-order valence-electron chi connectivity index (χ2n) is 13.1. The van der Waals surface area contributed by atoms with Crippen LogP contribution < -0.4 is 5.32 Å². The lowest BCUT2D eigenvalue weighted by molar-refractivity contribution is -0.152. The van der Waals surface area contributed by atoms with E-state index in [0.29, 0.717) is 13.1 Å². The summed E-state index contributed by atoms with van der Waals surface area (Å²) in [6, 6.07) is 4.28. The van der Waals surface area contributed by atoms with Gasteiger partial charge in [0, 0.05) is 19.5 Å². The summed E-state index contributed by atoms with van der Waals surface area (Å²) >= 11 is 0. The van der Waals surface area contributed by atoms with Gasteiger partial charge in [-0.05, 0) is 46.8 Å². The molecule has 3 amide bonds. The van der Waals surface area contributed by atoms with Gasteiger partial charge >= 0.3 is 18.2 Å². The number of cyclic esters (lactones) is 1. The Bertz CT molecular complexity index is 1140. The lowest BCUT2D eigenvalue weighted by atomic mass is 9.85. The number of carbonyl (C=O) groups is 4. The number of benzene rings is 1. The molecule has 1 fully saturated rings. The first kappa shape index (κ1) is 29.7. The predicted octanol–water partition coefficient (Wildman–Crippen LogP) is 4.17. The fourth-order valence-corrected chi connectivity index (χ4v) is 5.78. The highest BCUT2D eigenvalue weighted by atomic mass is 16.6. The van der Waals surface area contributed by atoms with Crippen molar-refractivity contribution in [2.75, 3.05) is 20.3 Å². The van der Waals surface area contributed by atoms with Crippen LogP contribution in [0.15, 0.2) is 18.2 Å². The van der Waals surface area contributed by atoms with Crippen LogP contribution in [0.5, 0.6) is 0 Å². The number of methoxy groups -OCH3 is 1. The van der Waals surface area contributed by atoms with Crippen molar-refractivity contribution in [3.05, 3.63) is 34.9 Å². The van der Waals surface area contributed by atoms with E-state index in [0.717, 1.165) is 36.8 Å². The summed E-state index contributed by atoms with van der Waals surface area (Å²) in [6.07, 6.45) is 1.97. The van der Waals surface area contributed by atoms with Gasteiger partial charge in [-0.1, -0.05) is 59.2 Å². The van der Waals surface area contributed by atoms with Crippen LogP contribution in [-0.4, -0.2) is 72.3 Å². The van der Waals surface area contributed by atoms with Crippen LogP contribution in [0, 0.1) is 10.8 Å². The van der Waals surface area contributed by atoms with Gasteiger partial charge in [0.05, 0.1) is 20.3 Å². The summed E-state index contributed by atoms with van der Waals surface area (Å²) in [5.74, 6) is -1.05. The van der Waals surface area contributed by atoms with Crippen molar-refractivity contribution in [3.8, 4) is 0 Å². The van der Waals surface area contributed by atoms with E-state index in [1.54, 1.807) is 4.90 Å². The number of hydrogen-bond acceptors (Lipinski definition) is 7. The number of amides is 3. The largest absolute Gasteiger partial charge is 0.467 e. The summed E-state index contributed by atoms with van der Waals surface area (Å²) in [5.41, 5.74) is 2.58. The molecule has 1 saturated heterocycles. The Morgan fingerprint density at radius 2 is 1.82 bits per heavy atom. The van der Waals surface area contributed by atoms with Crippen molar-refractivity contribution in [2.45, 2.75) is 98.0 Å². The summed E-state index contributed by atoms with van der Waals surface area (Å²) < 4.78 is 16.4. The fourth-order valence-electron chi connectivity index (χ4n) is 5.78. The SMILES string of the molecule is COC(=O)[C@@H]1C[C@@H]2CN1C(=O)[C@H](C(C)(C)C)NC(=O)OCC(C)(C)CCCCc1cccc3c1CN(C3)C(=O)O2. The second-order valence-corrected chi connectivity index (χ2v) is 13.1. The van der Waals surface area contributed by atoms with Crippen LogP contribution in [0.4, 0.5) is 9.59 Å². The molecule has 40 heavy (non-hydrogen) atoms. The normalized spacial score (nSPS) is 26.1. The van der Waals surface area contributed by atoms with Gasteiger partial charge in [-0.25, -0.2) is 14.4 Å². The molecular formula is C30H43N3O7. The van der Waals surface area contributed by atoms with Crippen LogP contribution in [0.25, 0.3) is 0 Å². The third kappa shape index (κ3) is 6.70. The summed E-state index contributed by atoms with van der Waals surface area (Å²) in [5, 5.41) is 2.74. The molecule has 10 nitrogen and oxygen atoms in total. The second kappa shape index (κ2) is 11.7. The highest BCUT2D eigenvalue weighted by Crippen LogP contribution is 2.32. The van der Waals surface area contributed by atoms with Crippen molar-refractivity contribution >= 4 is 24.1 Å². The maximum absolute atomic E-state index is 13.8. The van der Waals surface area contributed by atoms with Gasteiger partial charge in [0.25, 0.3) is 0 Å². The van der Waals surface area contributed by atoms with Crippen molar-refractivity contribution in [1.82, 2.24) is 15.1 Å². The standard InChI is InChI=1S/C30H43N3O7/c1-29(2,3)24-25(34)33-16-21(14-23(33)26(35)38-6)40-28(37)32-15-20-12-9-11-19(22(20)17-32)10-7-8-13-30(4,5)18-39-27(36)31-24/h9,11-12,21,23-24H,7-8,10,13-18H2,1-6H3,(H,31,36)/t21-,23+,24-/m1/s1. The molecule has 0 aliphatic carbocycles. The van der Waals surface area contributed by atoms with Crippen molar-refractivity contribution in [1.29, 1.82) is 0 Å². The van der Waals surface area contributed by atoms with E-state index in [4.69, 9.17) is 14.2 Å². The minimum atomic E-state index is -0.971. The highest BCUT2D eigenvalue weighted by Gasteiger charge is 2.47. The Labute approximate surface area is 236 Å². The molecule has 3 aliphatic heterocycles. The Morgan fingerprint density at radius 1 is 1.10 bits per heavy atom. The van der Waals surface area contributed by atoms with E-state index in [-0.39, 0.29) is 25.0 Å². The number of nitrogens with zero attached hydrogens (tertiary/aromatic N) is 2. The average molecular weight is 558 g/mol. The average Bonchev–Trinajstić information content (AvgIpc) is 3.52. The first-order chi connectivity index (χ1) is 18.8. The third-order valence-electron chi connectivity index (χ3n) is 8.14. The van der Waals surface area contributed by atoms with Gasteiger partial charge in [0.2, 0.25) is 5.91 Å².